The standard InChI is InChI=1S/C32H38N4O3/c1-21(2)23-14-11-15-24(18-23)33-31(39)34-27-19-26(22-12-7-6-8-13-22)25-16-9-10-17-28(25)36(30(27)38)20-29(37)35-32(3,4)5/h6-18,21,26-27H,19-20H2,1-5H3,(H,35,37)(H2,33,34,39). The number of rotatable bonds is 6. The Hall–Kier alpha value is -4.13. The molecule has 0 aliphatic carbocycles. The Morgan fingerprint density at radius 3 is 2.33 bits per heavy atom. The lowest BCUT2D eigenvalue weighted by molar-refractivity contribution is -0.125. The minimum atomic E-state index is -0.849. The summed E-state index contributed by atoms with van der Waals surface area (Å²) in [5, 5.41) is 8.76. The maximum atomic E-state index is 14.0. The van der Waals surface area contributed by atoms with Crippen molar-refractivity contribution in [1.82, 2.24) is 10.6 Å². The first kappa shape index (κ1) is 27.9. The molecule has 0 radical (unpaired) electrons. The molecule has 0 bridgehead atoms. The van der Waals surface area contributed by atoms with Crippen molar-refractivity contribution >= 4 is 29.2 Å². The Kier molecular flexibility index (Phi) is 8.38. The summed E-state index contributed by atoms with van der Waals surface area (Å²) >= 11 is 0. The Labute approximate surface area is 231 Å². The van der Waals surface area contributed by atoms with Gasteiger partial charge in [0.05, 0.1) is 0 Å². The number of urea groups is 1. The first-order chi connectivity index (χ1) is 18.5. The molecule has 7 heteroatoms. The van der Waals surface area contributed by atoms with Crippen LogP contribution in [0.25, 0.3) is 0 Å². The van der Waals surface area contributed by atoms with Gasteiger partial charge < -0.3 is 20.9 Å². The fourth-order valence-electron chi connectivity index (χ4n) is 4.99. The van der Waals surface area contributed by atoms with Crippen LogP contribution in [0.3, 0.4) is 0 Å². The first-order valence-corrected chi connectivity index (χ1v) is 13.5. The second-order valence-corrected chi connectivity index (χ2v) is 11.4. The summed E-state index contributed by atoms with van der Waals surface area (Å²) in [6, 6.07) is 24.0. The molecule has 204 valence electrons. The number of fused-ring (bicyclic) bond motifs is 1. The van der Waals surface area contributed by atoms with E-state index in [2.05, 4.69) is 29.8 Å². The number of carbonyl (C=O) groups excluding carboxylic acids is 3. The molecule has 2 atom stereocenters. The number of hydrogen-bond acceptors (Lipinski definition) is 3. The molecule has 0 aromatic heterocycles. The van der Waals surface area contributed by atoms with Crippen molar-refractivity contribution in [2.24, 2.45) is 0 Å². The number of benzene rings is 3. The molecular weight excluding hydrogens is 488 g/mol. The van der Waals surface area contributed by atoms with Gasteiger partial charge in [0, 0.05) is 22.8 Å². The summed E-state index contributed by atoms with van der Waals surface area (Å²) in [6.07, 6.45) is 0.358. The van der Waals surface area contributed by atoms with Gasteiger partial charge in [-0.3, -0.25) is 9.59 Å². The molecular formula is C32H38N4O3. The number of nitrogens with one attached hydrogen (secondary N) is 3. The van der Waals surface area contributed by atoms with Crippen LogP contribution in [-0.4, -0.2) is 36.0 Å². The van der Waals surface area contributed by atoms with Crippen LogP contribution in [-0.2, 0) is 9.59 Å². The van der Waals surface area contributed by atoms with Crippen molar-refractivity contribution in [2.75, 3.05) is 16.8 Å². The molecule has 3 aromatic rings. The largest absolute Gasteiger partial charge is 0.350 e. The predicted molar refractivity (Wildman–Crippen MR) is 156 cm³/mol. The molecule has 3 aromatic carbocycles. The molecule has 39 heavy (non-hydrogen) atoms. The van der Waals surface area contributed by atoms with Gasteiger partial charge in [-0.15, -0.1) is 0 Å². The summed E-state index contributed by atoms with van der Waals surface area (Å²) in [4.78, 5) is 41.7. The number of carbonyl (C=O) groups is 3. The van der Waals surface area contributed by atoms with Crippen LogP contribution in [0.1, 0.15) is 69.6 Å². The zero-order valence-corrected chi connectivity index (χ0v) is 23.3. The van der Waals surface area contributed by atoms with Crippen LogP contribution in [0.5, 0.6) is 0 Å². The fraction of sp³-hybridized carbons (Fsp3) is 0.344. The molecule has 7 nitrogen and oxygen atoms in total. The predicted octanol–water partition coefficient (Wildman–Crippen LogP) is 5.78. The highest BCUT2D eigenvalue weighted by Crippen LogP contribution is 2.39. The smallest absolute Gasteiger partial charge is 0.319 e. The second kappa shape index (κ2) is 11.7. The van der Waals surface area contributed by atoms with E-state index in [-0.39, 0.29) is 24.3 Å². The van der Waals surface area contributed by atoms with Gasteiger partial charge in [0.25, 0.3) is 0 Å². The molecule has 1 aliphatic heterocycles. The average molecular weight is 527 g/mol. The maximum Gasteiger partial charge on any atom is 0.319 e. The van der Waals surface area contributed by atoms with E-state index in [9.17, 15) is 14.4 Å². The van der Waals surface area contributed by atoms with Gasteiger partial charge in [0.2, 0.25) is 11.8 Å². The Morgan fingerprint density at radius 2 is 1.64 bits per heavy atom. The quantitative estimate of drug-likeness (QED) is 0.380. The summed E-state index contributed by atoms with van der Waals surface area (Å²) in [5.41, 5.74) is 3.97. The van der Waals surface area contributed by atoms with Crippen LogP contribution in [0, 0.1) is 0 Å². The van der Waals surface area contributed by atoms with Gasteiger partial charge >= 0.3 is 6.03 Å². The molecule has 4 amide bonds. The summed E-state index contributed by atoms with van der Waals surface area (Å²) in [7, 11) is 0. The Balaban J connectivity index is 1.67. The van der Waals surface area contributed by atoms with Gasteiger partial charge in [-0.25, -0.2) is 4.79 Å². The molecule has 1 heterocycles. The lowest BCUT2D eigenvalue weighted by atomic mass is 9.86. The number of hydrogen-bond donors (Lipinski definition) is 3. The molecule has 1 aliphatic rings. The number of nitrogens with zero attached hydrogens (tertiary/aromatic N) is 1. The Morgan fingerprint density at radius 1 is 0.949 bits per heavy atom. The minimum Gasteiger partial charge on any atom is -0.350 e. The normalized spacial score (nSPS) is 17.3. The maximum absolute atomic E-state index is 14.0. The highest BCUT2D eigenvalue weighted by Gasteiger charge is 2.37. The summed E-state index contributed by atoms with van der Waals surface area (Å²) < 4.78 is 0. The highest BCUT2D eigenvalue weighted by atomic mass is 16.2. The van der Waals surface area contributed by atoms with E-state index in [1.165, 1.54) is 4.90 Å². The number of anilines is 2. The molecule has 0 fully saturated rings. The minimum absolute atomic E-state index is 0.148. The molecule has 2 unspecified atom stereocenters. The van der Waals surface area contributed by atoms with E-state index < -0.39 is 17.6 Å². The van der Waals surface area contributed by atoms with Crippen molar-refractivity contribution in [3.05, 3.63) is 95.6 Å². The monoisotopic (exact) mass is 526 g/mol. The van der Waals surface area contributed by atoms with Crippen molar-refractivity contribution in [2.45, 2.75) is 64.5 Å². The molecule has 0 saturated heterocycles. The lowest BCUT2D eigenvalue weighted by Gasteiger charge is -2.28. The van der Waals surface area contributed by atoms with Gasteiger partial charge in [0.1, 0.15) is 12.6 Å². The number of para-hydroxylation sites is 1. The zero-order chi connectivity index (χ0) is 28.2. The van der Waals surface area contributed by atoms with Gasteiger partial charge in [-0.2, -0.15) is 0 Å². The van der Waals surface area contributed by atoms with Crippen molar-refractivity contribution in [3.63, 3.8) is 0 Å². The Bertz CT molecular complexity index is 1330. The fourth-order valence-corrected chi connectivity index (χ4v) is 4.99. The third-order valence-electron chi connectivity index (χ3n) is 6.77. The summed E-state index contributed by atoms with van der Waals surface area (Å²) in [6.45, 7) is 9.74. The molecule has 0 spiro atoms. The summed E-state index contributed by atoms with van der Waals surface area (Å²) in [5.74, 6) is -0.429. The third-order valence-corrected chi connectivity index (χ3v) is 6.77. The topological polar surface area (TPSA) is 90.5 Å². The van der Waals surface area contributed by atoms with E-state index in [0.29, 0.717) is 23.7 Å². The number of amides is 4. The van der Waals surface area contributed by atoms with Crippen LogP contribution in [0.15, 0.2) is 78.9 Å². The van der Waals surface area contributed by atoms with Crippen LogP contribution >= 0.6 is 0 Å². The molecule has 0 saturated carbocycles. The van der Waals surface area contributed by atoms with Crippen molar-refractivity contribution in [3.8, 4) is 0 Å². The van der Waals surface area contributed by atoms with Crippen LogP contribution < -0.4 is 20.9 Å². The molecule has 3 N–H and O–H groups in total. The van der Waals surface area contributed by atoms with Crippen molar-refractivity contribution in [1.29, 1.82) is 0 Å². The van der Waals surface area contributed by atoms with Crippen LogP contribution in [0.2, 0.25) is 0 Å². The van der Waals surface area contributed by atoms with Gasteiger partial charge in [0.15, 0.2) is 0 Å². The van der Waals surface area contributed by atoms with Gasteiger partial charge in [-0.05, 0) is 68.0 Å². The van der Waals surface area contributed by atoms with Gasteiger partial charge in [-0.1, -0.05) is 74.5 Å². The molecule has 4 rings (SSSR count). The third kappa shape index (κ3) is 7.05. The van der Waals surface area contributed by atoms with E-state index in [1.54, 1.807) is 0 Å². The van der Waals surface area contributed by atoms with E-state index >= 15 is 0 Å². The zero-order valence-electron chi connectivity index (χ0n) is 23.3. The highest BCUT2D eigenvalue weighted by molar-refractivity contribution is 6.05. The SMILES string of the molecule is CC(C)c1cccc(NC(=O)NC2CC(c3ccccc3)c3ccccc3N(CC(=O)NC(C)(C)C)C2=O)c1. The second-order valence-electron chi connectivity index (χ2n) is 11.4. The van der Waals surface area contributed by atoms with E-state index in [1.807, 2.05) is 99.6 Å². The first-order valence-electron chi connectivity index (χ1n) is 13.5. The van der Waals surface area contributed by atoms with E-state index in [4.69, 9.17) is 0 Å². The van der Waals surface area contributed by atoms with Crippen molar-refractivity contribution < 1.29 is 14.4 Å². The van der Waals surface area contributed by atoms with Crippen LogP contribution in [0.4, 0.5) is 16.2 Å². The average Bonchev–Trinajstić information content (AvgIpc) is 2.99. The van der Waals surface area contributed by atoms with E-state index in [0.717, 1.165) is 16.7 Å². The lowest BCUT2D eigenvalue weighted by Crippen LogP contribution is -2.53.